The van der Waals surface area contributed by atoms with Gasteiger partial charge < -0.3 is 4.90 Å². The van der Waals surface area contributed by atoms with Crippen LogP contribution in [0.2, 0.25) is 5.02 Å². The molecule has 0 aliphatic rings. The van der Waals surface area contributed by atoms with E-state index in [1.165, 1.54) is 11.3 Å². The van der Waals surface area contributed by atoms with E-state index in [4.69, 9.17) is 16.6 Å². The molecule has 0 radical (unpaired) electrons. The molecule has 3 aromatic carbocycles. The minimum Gasteiger partial charge on any atom is -0.302 e. The number of nitrogens with zero attached hydrogens (tertiary/aromatic N) is 3. The van der Waals surface area contributed by atoms with Crippen LogP contribution in [0.5, 0.6) is 0 Å². The standard InChI is InChI=1S/C26H26ClN3OS/c1-3-29(4-2)16-17-30(26-28-23-15-14-22(27)18-24(23)32-26)25(31)21-12-10-20(11-13-21)19-8-6-5-7-9-19/h5-15,18H,3-4,16-17H2,1-2H3. The van der Waals surface area contributed by atoms with Crippen molar-refractivity contribution in [3.05, 3.63) is 83.4 Å². The van der Waals surface area contributed by atoms with Gasteiger partial charge in [0, 0.05) is 23.7 Å². The van der Waals surface area contributed by atoms with Crippen molar-refractivity contribution in [2.24, 2.45) is 0 Å². The van der Waals surface area contributed by atoms with Crippen LogP contribution < -0.4 is 4.90 Å². The molecule has 32 heavy (non-hydrogen) atoms. The summed E-state index contributed by atoms with van der Waals surface area (Å²) in [6.45, 7) is 7.53. The predicted octanol–water partition coefficient (Wildman–Crippen LogP) is 6.61. The van der Waals surface area contributed by atoms with Crippen LogP contribution in [-0.2, 0) is 0 Å². The van der Waals surface area contributed by atoms with Crippen molar-refractivity contribution in [3.8, 4) is 11.1 Å². The van der Waals surface area contributed by atoms with Gasteiger partial charge in [-0.25, -0.2) is 4.98 Å². The second-order valence-electron chi connectivity index (χ2n) is 7.54. The third-order valence-corrected chi connectivity index (χ3v) is 6.86. The molecule has 0 aliphatic carbocycles. The lowest BCUT2D eigenvalue weighted by Gasteiger charge is -2.24. The smallest absolute Gasteiger partial charge is 0.260 e. The number of anilines is 1. The molecule has 0 bridgehead atoms. The number of carbonyl (C=O) groups is 1. The van der Waals surface area contributed by atoms with Gasteiger partial charge in [-0.15, -0.1) is 0 Å². The maximum atomic E-state index is 13.6. The van der Waals surface area contributed by atoms with Crippen molar-refractivity contribution in [3.63, 3.8) is 0 Å². The van der Waals surface area contributed by atoms with Crippen molar-refractivity contribution in [2.75, 3.05) is 31.1 Å². The van der Waals surface area contributed by atoms with Crippen LogP contribution in [0.15, 0.2) is 72.8 Å². The first-order chi connectivity index (χ1) is 15.6. The Balaban J connectivity index is 1.64. The van der Waals surface area contributed by atoms with E-state index < -0.39 is 0 Å². The molecule has 0 spiro atoms. The van der Waals surface area contributed by atoms with Crippen LogP contribution >= 0.6 is 22.9 Å². The van der Waals surface area contributed by atoms with Gasteiger partial charge in [0.2, 0.25) is 0 Å². The maximum absolute atomic E-state index is 13.6. The monoisotopic (exact) mass is 463 g/mol. The number of benzene rings is 3. The fourth-order valence-electron chi connectivity index (χ4n) is 3.66. The highest BCUT2D eigenvalue weighted by Crippen LogP contribution is 2.32. The largest absolute Gasteiger partial charge is 0.302 e. The summed E-state index contributed by atoms with van der Waals surface area (Å²) >= 11 is 7.66. The number of hydrogen-bond acceptors (Lipinski definition) is 4. The Bertz CT molecular complexity index is 1190. The van der Waals surface area contributed by atoms with Crippen molar-refractivity contribution >= 4 is 44.2 Å². The Kier molecular flexibility index (Phi) is 7.20. The molecule has 0 unspecified atom stereocenters. The highest BCUT2D eigenvalue weighted by atomic mass is 35.5. The van der Waals surface area contributed by atoms with Gasteiger partial charge in [-0.2, -0.15) is 0 Å². The van der Waals surface area contributed by atoms with Crippen molar-refractivity contribution < 1.29 is 4.79 Å². The van der Waals surface area contributed by atoms with Crippen LogP contribution in [0.3, 0.4) is 0 Å². The molecule has 4 rings (SSSR count). The summed E-state index contributed by atoms with van der Waals surface area (Å²) in [6, 6.07) is 23.6. The Labute approximate surface area is 198 Å². The topological polar surface area (TPSA) is 36.4 Å². The fraction of sp³-hybridized carbons (Fsp3) is 0.231. The van der Waals surface area contributed by atoms with Gasteiger partial charge >= 0.3 is 0 Å². The SMILES string of the molecule is CCN(CC)CCN(C(=O)c1ccc(-c2ccccc2)cc1)c1nc2ccc(Cl)cc2s1. The zero-order valence-corrected chi connectivity index (χ0v) is 19.9. The van der Waals surface area contributed by atoms with Crippen LogP contribution in [0, 0.1) is 0 Å². The lowest BCUT2D eigenvalue weighted by molar-refractivity contribution is 0.0984. The summed E-state index contributed by atoms with van der Waals surface area (Å²) in [4.78, 5) is 22.4. The molecular formula is C26H26ClN3OS. The van der Waals surface area contributed by atoms with Gasteiger partial charge in [0.15, 0.2) is 5.13 Å². The molecule has 0 atom stereocenters. The molecule has 0 saturated heterocycles. The van der Waals surface area contributed by atoms with Gasteiger partial charge in [-0.1, -0.05) is 79.2 Å². The van der Waals surface area contributed by atoms with E-state index in [-0.39, 0.29) is 5.91 Å². The molecule has 1 aromatic heterocycles. The molecule has 1 amide bonds. The Morgan fingerprint density at radius 1 is 0.906 bits per heavy atom. The first kappa shape index (κ1) is 22.5. The van der Waals surface area contributed by atoms with Gasteiger partial charge in [0.25, 0.3) is 5.91 Å². The molecule has 0 saturated carbocycles. The zero-order chi connectivity index (χ0) is 22.5. The van der Waals surface area contributed by atoms with Crippen LogP contribution in [-0.4, -0.2) is 42.0 Å². The van der Waals surface area contributed by atoms with E-state index in [0.717, 1.165) is 41.0 Å². The first-order valence-corrected chi connectivity index (χ1v) is 12.0. The Morgan fingerprint density at radius 2 is 1.59 bits per heavy atom. The Hall–Kier alpha value is -2.73. The first-order valence-electron chi connectivity index (χ1n) is 10.8. The number of fused-ring (bicyclic) bond motifs is 1. The van der Waals surface area contributed by atoms with Crippen molar-refractivity contribution in [2.45, 2.75) is 13.8 Å². The van der Waals surface area contributed by atoms with E-state index >= 15 is 0 Å². The number of thiazole rings is 1. The van der Waals surface area contributed by atoms with Crippen LogP contribution in [0.25, 0.3) is 21.3 Å². The normalized spacial score (nSPS) is 11.2. The van der Waals surface area contributed by atoms with E-state index in [9.17, 15) is 4.79 Å². The highest BCUT2D eigenvalue weighted by Gasteiger charge is 2.22. The fourth-order valence-corrected chi connectivity index (χ4v) is 4.92. The molecule has 0 N–H and O–H groups in total. The third kappa shape index (κ3) is 5.01. The molecule has 6 heteroatoms. The molecule has 1 heterocycles. The maximum Gasteiger partial charge on any atom is 0.260 e. The lowest BCUT2D eigenvalue weighted by atomic mass is 10.0. The number of rotatable bonds is 8. The van der Waals surface area contributed by atoms with Gasteiger partial charge in [-0.05, 0) is 54.5 Å². The Morgan fingerprint density at radius 3 is 2.28 bits per heavy atom. The summed E-state index contributed by atoms with van der Waals surface area (Å²) in [5.41, 5.74) is 3.73. The summed E-state index contributed by atoms with van der Waals surface area (Å²) < 4.78 is 0.979. The lowest BCUT2D eigenvalue weighted by Crippen LogP contribution is -2.38. The number of aromatic nitrogens is 1. The molecule has 4 aromatic rings. The number of halogens is 1. The van der Waals surface area contributed by atoms with Crippen LogP contribution in [0.4, 0.5) is 5.13 Å². The van der Waals surface area contributed by atoms with Gasteiger partial charge in [0.05, 0.1) is 10.2 Å². The molecular weight excluding hydrogens is 438 g/mol. The van der Waals surface area contributed by atoms with E-state index in [0.29, 0.717) is 22.3 Å². The van der Waals surface area contributed by atoms with Gasteiger partial charge in [-0.3, -0.25) is 9.69 Å². The quantitative estimate of drug-likeness (QED) is 0.295. The zero-order valence-electron chi connectivity index (χ0n) is 18.3. The molecule has 0 aliphatic heterocycles. The second kappa shape index (κ2) is 10.3. The predicted molar refractivity (Wildman–Crippen MR) is 136 cm³/mol. The molecule has 164 valence electrons. The van der Waals surface area contributed by atoms with E-state index in [2.05, 4.69) is 30.9 Å². The highest BCUT2D eigenvalue weighted by molar-refractivity contribution is 7.22. The van der Waals surface area contributed by atoms with Crippen LogP contribution in [0.1, 0.15) is 24.2 Å². The van der Waals surface area contributed by atoms with Gasteiger partial charge in [0.1, 0.15) is 0 Å². The number of hydrogen-bond donors (Lipinski definition) is 0. The van der Waals surface area contributed by atoms with E-state index in [1.807, 2.05) is 60.7 Å². The van der Waals surface area contributed by atoms with Crippen molar-refractivity contribution in [1.82, 2.24) is 9.88 Å². The summed E-state index contributed by atoms with van der Waals surface area (Å²) in [6.07, 6.45) is 0. The summed E-state index contributed by atoms with van der Waals surface area (Å²) in [5, 5.41) is 1.37. The average molecular weight is 464 g/mol. The van der Waals surface area contributed by atoms with E-state index in [1.54, 1.807) is 4.90 Å². The number of likely N-dealkylation sites (N-methyl/N-ethyl adjacent to an activating group) is 1. The third-order valence-electron chi connectivity index (χ3n) is 5.59. The number of carbonyl (C=O) groups excluding carboxylic acids is 1. The number of amides is 1. The van der Waals surface area contributed by atoms with Crippen molar-refractivity contribution in [1.29, 1.82) is 0 Å². The second-order valence-corrected chi connectivity index (χ2v) is 8.98. The minimum absolute atomic E-state index is 0.0399. The average Bonchev–Trinajstić information content (AvgIpc) is 3.25. The minimum atomic E-state index is -0.0399. The molecule has 0 fully saturated rings. The molecule has 4 nitrogen and oxygen atoms in total. The summed E-state index contributed by atoms with van der Waals surface area (Å²) in [5.74, 6) is -0.0399. The summed E-state index contributed by atoms with van der Waals surface area (Å²) in [7, 11) is 0.